The number of amides is 1. The number of hydrogen-bond donors (Lipinski definition) is 2. The second kappa shape index (κ2) is 5.15. The third kappa shape index (κ3) is 2.65. The fourth-order valence-electron chi connectivity index (χ4n) is 2.74. The maximum Gasteiger partial charge on any atom is 0.231 e. The Morgan fingerprint density at radius 3 is 3.05 bits per heavy atom. The van der Waals surface area contributed by atoms with E-state index in [1.807, 2.05) is 12.1 Å². The molecule has 2 aliphatic rings. The minimum Gasteiger partial charge on any atom is -0.384 e. The molecule has 1 amide bonds. The molecule has 0 radical (unpaired) electrons. The molecular formula is C16H17N3OS. The van der Waals surface area contributed by atoms with Gasteiger partial charge < -0.3 is 10.6 Å². The van der Waals surface area contributed by atoms with Crippen LogP contribution in [0.4, 0.5) is 10.8 Å². The molecule has 1 saturated carbocycles. The molecule has 108 valence electrons. The molecule has 5 heteroatoms. The van der Waals surface area contributed by atoms with Crippen LogP contribution in [0.25, 0.3) is 0 Å². The van der Waals surface area contributed by atoms with Gasteiger partial charge in [-0.2, -0.15) is 0 Å². The lowest BCUT2D eigenvalue weighted by molar-refractivity contribution is -0.119. The van der Waals surface area contributed by atoms with Crippen molar-refractivity contribution in [3.05, 3.63) is 40.9 Å². The number of thiazole rings is 1. The topological polar surface area (TPSA) is 54.0 Å². The lowest BCUT2D eigenvalue weighted by Gasteiger charge is -2.24. The van der Waals surface area contributed by atoms with Crippen molar-refractivity contribution in [2.75, 3.05) is 17.2 Å². The van der Waals surface area contributed by atoms with E-state index >= 15 is 0 Å². The van der Waals surface area contributed by atoms with E-state index in [0.29, 0.717) is 12.5 Å². The van der Waals surface area contributed by atoms with Gasteiger partial charge in [-0.25, -0.2) is 4.98 Å². The summed E-state index contributed by atoms with van der Waals surface area (Å²) in [4.78, 5) is 16.9. The van der Waals surface area contributed by atoms with Crippen LogP contribution in [0.3, 0.4) is 0 Å². The number of nitrogens with one attached hydrogen (secondary N) is 2. The van der Waals surface area contributed by atoms with Crippen LogP contribution in [0.2, 0.25) is 0 Å². The second-order valence-corrected chi connectivity index (χ2v) is 6.64. The summed E-state index contributed by atoms with van der Waals surface area (Å²) in [5.74, 6) is 0.664. The van der Waals surface area contributed by atoms with Gasteiger partial charge in [0.25, 0.3) is 0 Å². The predicted octanol–water partition coefficient (Wildman–Crippen LogP) is 3.24. The number of rotatable bonds is 3. The van der Waals surface area contributed by atoms with Crippen molar-refractivity contribution in [3.63, 3.8) is 0 Å². The largest absolute Gasteiger partial charge is 0.384 e. The van der Waals surface area contributed by atoms with E-state index < -0.39 is 0 Å². The first kappa shape index (κ1) is 12.8. The molecule has 4 nitrogen and oxygen atoms in total. The van der Waals surface area contributed by atoms with Gasteiger partial charge in [-0.1, -0.05) is 18.2 Å². The fourth-order valence-corrected chi connectivity index (χ4v) is 3.54. The number of anilines is 2. The zero-order chi connectivity index (χ0) is 14.2. The number of nitrogens with zero attached hydrogens (tertiary/aromatic N) is 1. The van der Waals surface area contributed by atoms with Crippen molar-refractivity contribution < 1.29 is 4.79 Å². The Kier molecular flexibility index (Phi) is 3.15. The summed E-state index contributed by atoms with van der Waals surface area (Å²) in [6, 6.07) is 8.17. The highest BCUT2D eigenvalue weighted by atomic mass is 32.1. The van der Waals surface area contributed by atoms with Crippen LogP contribution in [0.5, 0.6) is 0 Å². The van der Waals surface area contributed by atoms with Crippen molar-refractivity contribution in [3.8, 4) is 0 Å². The number of carbonyl (C=O) groups excluding carboxylic acids is 1. The molecule has 1 aliphatic carbocycles. The first-order valence-corrected chi connectivity index (χ1v) is 8.25. The zero-order valence-corrected chi connectivity index (χ0v) is 12.5. The summed E-state index contributed by atoms with van der Waals surface area (Å²) < 4.78 is 0. The van der Waals surface area contributed by atoms with Crippen LogP contribution in [0.15, 0.2) is 29.6 Å². The van der Waals surface area contributed by atoms with Crippen molar-refractivity contribution in [2.24, 2.45) is 5.92 Å². The highest BCUT2D eigenvalue weighted by molar-refractivity contribution is 7.13. The van der Waals surface area contributed by atoms with Crippen molar-refractivity contribution in [1.82, 2.24) is 4.98 Å². The van der Waals surface area contributed by atoms with Crippen LogP contribution in [0.1, 0.15) is 30.0 Å². The highest BCUT2D eigenvalue weighted by Gasteiger charge is 2.28. The first-order chi connectivity index (χ1) is 10.3. The van der Waals surface area contributed by atoms with Gasteiger partial charge in [0.15, 0.2) is 5.13 Å². The number of carbonyl (C=O) groups is 1. The minimum absolute atomic E-state index is 0.0341. The first-order valence-electron chi connectivity index (χ1n) is 7.37. The molecular weight excluding hydrogens is 282 g/mol. The van der Waals surface area contributed by atoms with Crippen LogP contribution >= 0.6 is 11.3 Å². The SMILES string of the molecule is O=C(Nc1nc(C2CC2)cs1)C1CNc2ccccc2C1. The lowest BCUT2D eigenvalue weighted by Crippen LogP contribution is -2.33. The molecule has 1 aliphatic heterocycles. The van der Waals surface area contributed by atoms with Crippen molar-refractivity contribution >= 4 is 28.1 Å². The molecule has 1 unspecified atom stereocenters. The van der Waals surface area contributed by atoms with E-state index in [4.69, 9.17) is 0 Å². The maximum absolute atomic E-state index is 12.4. The molecule has 4 rings (SSSR count). The average Bonchev–Trinajstić information content (AvgIpc) is 3.27. The molecule has 1 aromatic carbocycles. The van der Waals surface area contributed by atoms with E-state index in [9.17, 15) is 4.79 Å². The average molecular weight is 299 g/mol. The molecule has 0 spiro atoms. The van der Waals surface area contributed by atoms with Crippen LogP contribution in [-0.4, -0.2) is 17.4 Å². The van der Waals surface area contributed by atoms with Gasteiger partial charge in [0, 0.05) is 23.5 Å². The summed E-state index contributed by atoms with van der Waals surface area (Å²) in [6.45, 7) is 0.684. The summed E-state index contributed by atoms with van der Waals surface area (Å²) >= 11 is 1.53. The van der Waals surface area contributed by atoms with Gasteiger partial charge in [-0.05, 0) is 30.9 Å². The molecule has 1 atom stereocenters. The highest BCUT2D eigenvalue weighted by Crippen LogP contribution is 2.41. The Labute approximate surface area is 127 Å². The zero-order valence-electron chi connectivity index (χ0n) is 11.6. The van der Waals surface area contributed by atoms with E-state index in [0.717, 1.165) is 22.9 Å². The van der Waals surface area contributed by atoms with E-state index in [2.05, 4.69) is 33.1 Å². The van der Waals surface area contributed by atoms with Crippen LogP contribution < -0.4 is 10.6 Å². The summed E-state index contributed by atoms with van der Waals surface area (Å²) in [5, 5.41) is 9.12. The van der Waals surface area contributed by atoms with Crippen molar-refractivity contribution in [2.45, 2.75) is 25.2 Å². The Balaban J connectivity index is 1.43. The molecule has 1 aromatic heterocycles. The molecule has 0 saturated heterocycles. The Bertz CT molecular complexity index is 678. The van der Waals surface area contributed by atoms with Crippen LogP contribution in [-0.2, 0) is 11.2 Å². The van der Waals surface area contributed by atoms with Gasteiger partial charge in [0.05, 0.1) is 11.6 Å². The number of hydrogen-bond acceptors (Lipinski definition) is 4. The fraction of sp³-hybridized carbons (Fsp3) is 0.375. The standard InChI is InChI=1S/C16H17N3OS/c20-15(19-16-18-14(9-21-16)10-5-6-10)12-7-11-3-1-2-4-13(11)17-8-12/h1-4,9-10,12,17H,5-8H2,(H,18,19,20). The Hall–Kier alpha value is -1.88. The van der Waals surface area contributed by atoms with Gasteiger partial charge in [0.2, 0.25) is 5.91 Å². The summed E-state index contributed by atoms with van der Waals surface area (Å²) in [5.41, 5.74) is 3.50. The second-order valence-electron chi connectivity index (χ2n) is 5.78. The summed E-state index contributed by atoms with van der Waals surface area (Å²) in [7, 11) is 0. The van der Waals surface area contributed by atoms with Crippen molar-refractivity contribution in [1.29, 1.82) is 0 Å². The predicted molar refractivity (Wildman–Crippen MR) is 84.8 cm³/mol. The third-order valence-electron chi connectivity index (χ3n) is 4.14. The monoisotopic (exact) mass is 299 g/mol. The smallest absolute Gasteiger partial charge is 0.231 e. The van der Waals surface area contributed by atoms with E-state index in [1.165, 1.54) is 29.7 Å². The minimum atomic E-state index is -0.0341. The quantitative estimate of drug-likeness (QED) is 0.915. The number of para-hydroxylation sites is 1. The van der Waals surface area contributed by atoms with Gasteiger partial charge in [-0.3, -0.25) is 4.79 Å². The van der Waals surface area contributed by atoms with Gasteiger partial charge in [0.1, 0.15) is 0 Å². The third-order valence-corrected chi connectivity index (χ3v) is 4.92. The maximum atomic E-state index is 12.4. The number of fused-ring (bicyclic) bond motifs is 1. The molecule has 1 fully saturated rings. The molecule has 2 N–H and O–H groups in total. The number of benzene rings is 1. The van der Waals surface area contributed by atoms with E-state index in [1.54, 1.807) is 0 Å². The molecule has 2 aromatic rings. The number of aromatic nitrogens is 1. The van der Waals surface area contributed by atoms with Gasteiger partial charge in [-0.15, -0.1) is 11.3 Å². The van der Waals surface area contributed by atoms with Crippen LogP contribution in [0, 0.1) is 5.92 Å². The molecule has 2 heterocycles. The van der Waals surface area contributed by atoms with E-state index in [-0.39, 0.29) is 11.8 Å². The summed E-state index contributed by atoms with van der Waals surface area (Å²) in [6.07, 6.45) is 3.26. The Morgan fingerprint density at radius 1 is 1.33 bits per heavy atom. The van der Waals surface area contributed by atoms with Gasteiger partial charge >= 0.3 is 0 Å². The Morgan fingerprint density at radius 2 is 2.19 bits per heavy atom. The molecule has 21 heavy (non-hydrogen) atoms. The molecule has 0 bridgehead atoms. The normalized spacial score (nSPS) is 20.5. The lowest BCUT2D eigenvalue weighted by atomic mass is 9.93.